The van der Waals surface area contributed by atoms with Crippen LogP contribution in [0, 0.1) is 6.92 Å². The zero-order valence-electron chi connectivity index (χ0n) is 18.8. The molecule has 1 amide bonds. The number of hydrogen-bond donors (Lipinski definition) is 0. The number of likely N-dealkylation sites (tertiary alicyclic amines) is 1. The van der Waals surface area contributed by atoms with Gasteiger partial charge in [0.1, 0.15) is 22.3 Å². The number of sulfonamides is 1. The van der Waals surface area contributed by atoms with E-state index in [1.165, 1.54) is 18.5 Å². The van der Waals surface area contributed by atoms with E-state index >= 15 is 0 Å². The van der Waals surface area contributed by atoms with Crippen molar-refractivity contribution >= 4 is 21.7 Å². The number of nitrogens with zero attached hydrogens (tertiary/aromatic N) is 5. The highest BCUT2D eigenvalue weighted by Crippen LogP contribution is 2.30. The molecule has 10 heteroatoms. The summed E-state index contributed by atoms with van der Waals surface area (Å²) in [4.78, 5) is 24.8. The Hall–Kier alpha value is -2.72. The van der Waals surface area contributed by atoms with E-state index in [0.717, 1.165) is 11.3 Å². The van der Waals surface area contributed by atoms with Crippen LogP contribution in [0.3, 0.4) is 0 Å². The molecule has 0 radical (unpaired) electrons. The maximum Gasteiger partial charge on any atom is 0.246 e. The first-order valence-electron chi connectivity index (χ1n) is 9.93. The van der Waals surface area contributed by atoms with Gasteiger partial charge in [0.2, 0.25) is 15.9 Å². The summed E-state index contributed by atoms with van der Waals surface area (Å²) in [5, 5.41) is 0. The fourth-order valence-electron chi connectivity index (χ4n) is 3.51. The van der Waals surface area contributed by atoms with Gasteiger partial charge in [0, 0.05) is 53.1 Å². The average molecular weight is 448 g/mol. The molecule has 0 N–H and O–H groups in total. The summed E-state index contributed by atoms with van der Waals surface area (Å²) in [6.45, 7) is 2.40. The summed E-state index contributed by atoms with van der Waals surface area (Å²) in [6.07, 6.45) is 0.383. The first kappa shape index (κ1) is 23.0. The van der Waals surface area contributed by atoms with Crippen LogP contribution in [0.4, 0.5) is 5.82 Å². The second-order valence-electron chi connectivity index (χ2n) is 8.05. The second kappa shape index (κ2) is 8.80. The molecule has 1 aliphatic heterocycles. The first-order valence-corrected chi connectivity index (χ1v) is 11.4. The Labute approximate surface area is 183 Å². The Morgan fingerprint density at radius 3 is 2.48 bits per heavy atom. The number of carbonyl (C=O) groups is 1. The Morgan fingerprint density at radius 1 is 1.19 bits per heavy atom. The fraction of sp³-hybridized carbons (Fsp3) is 0.476. The quantitative estimate of drug-likeness (QED) is 0.636. The Balaban J connectivity index is 1.94. The lowest BCUT2D eigenvalue weighted by molar-refractivity contribution is -0.126. The van der Waals surface area contributed by atoms with Crippen LogP contribution in [-0.2, 0) is 21.4 Å². The van der Waals surface area contributed by atoms with E-state index in [1.54, 1.807) is 30.1 Å². The maximum absolute atomic E-state index is 13.2. The average Bonchev–Trinajstić information content (AvgIpc) is 3.06. The van der Waals surface area contributed by atoms with Crippen molar-refractivity contribution in [2.45, 2.75) is 30.7 Å². The molecule has 0 bridgehead atoms. The van der Waals surface area contributed by atoms with E-state index < -0.39 is 10.0 Å². The highest BCUT2D eigenvalue weighted by Gasteiger charge is 2.31. The standard InChI is InChI=1S/C21H29N5O4S/c1-14-7-8-17(30-6)18(9-14)31(28,29)26(5)13-19-22-16(11-20(23-19)24(2)3)15-10-21(27)25(4)12-15/h7-9,11,15H,10,12-13H2,1-6H3/t15-/m0/s1. The van der Waals surface area contributed by atoms with Gasteiger partial charge in [-0.1, -0.05) is 6.07 Å². The number of anilines is 1. The molecule has 31 heavy (non-hydrogen) atoms. The number of hydrogen-bond acceptors (Lipinski definition) is 7. The van der Waals surface area contributed by atoms with Crippen LogP contribution < -0.4 is 9.64 Å². The number of benzene rings is 1. The molecule has 2 heterocycles. The van der Waals surface area contributed by atoms with Crippen LogP contribution in [0.15, 0.2) is 29.2 Å². The molecule has 9 nitrogen and oxygen atoms in total. The predicted octanol–water partition coefficient (Wildman–Crippen LogP) is 1.63. The molecule has 2 aromatic rings. The fourth-order valence-corrected chi connectivity index (χ4v) is 4.87. The van der Waals surface area contributed by atoms with E-state index in [0.29, 0.717) is 24.6 Å². The van der Waals surface area contributed by atoms with Crippen LogP contribution >= 0.6 is 0 Å². The number of methoxy groups -OCH3 is 1. The normalized spacial score (nSPS) is 16.8. The monoisotopic (exact) mass is 447 g/mol. The van der Waals surface area contributed by atoms with Gasteiger partial charge in [-0.15, -0.1) is 0 Å². The molecule has 1 atom stereocenters. The molecule has 168 valence electrons. The summed E-state index contributed by atoms with van der Waals surface area (Å²) in [6, 6.07) is 6.89. The molecule has 1 aromatic heterocycles. The number of aryl methyl sites for hydroxylation is 1. The third-order valence-electron chi connectivity index (χ3n) is 5.37. The Morgan fingerprint density at radius 2 is 1.90 bits per heavy atom. The van der Waals surface area contributed by atoms with Gasteiger partial charge in [-0.25, -0.2) is 18.4 Å². The van der Waals surface area contributed by atoms with Crippen molar-refractivity contribution in [3.63, 3.8) is 0 Å². The van der Waals surface area contributed by atoms with Crippen LogP contribution in [0.2, 0.25) is 0 Å². The number of carbonyl (C=O) groups excluding carboxylic acids is 1. The molecule has 0 spiro atoms. The van der Waals surface area contributed by atoms with Gasteiger partial charge in [-0.2, -0.15) is 4.31 Å². The van der Waals surface area contributed by atoms with Gasteiger partial charge >= 0.3 is 0 Å². The number of amides is 1. The zero-order valence-corrected chi connectivity index (χ0v) is 19.6. The number of likely N-dealkylation sites (N-methyl/N-ethyl adjacent to an activating group) is 1. The molecule has 3 rings (SSSR count). The highest BCUT2D eigenvalue weighted by molar-refractivity contribution is 7.89. The third-order valence-corrected chi connectivity index (χ3v) is 7.19. The molecule has 1 saturated heterocycles. The Kier molecular flexibility index (Phi) is 6.51. The van der Waals surface area contributed by atoms with Gasteiger partial charge in [-0.3, -0.25) is 4.79 Å². The van der Waals surface area contributed by atoms with E-state index in [-0.39, 0.29) is 29.0 Å². The smallest absolute Gasteiger partial charge is 0.246 e. The van der Waals surface area contributed by atoms with Crippen LogP contribution in [0.25, 0.3) is 0 Å². The van der Waals surface area contributed by atoms with E-state index in [4.69, 9.17) is 4.74 Å². The van der Waals surface area contributed by atoms with Gasteiger partial charge in [0.05, 0.1) is 19.3 Å². The predicted molar refractivity (Wildman–Crippen MR) is 118 cm³/mol. The van der Waals surface area contributed by atoms with Crippen LogP contribution in [0.5, 0.6) is 5.75 Å². The van der Waals surface area contributed by atoms with Crippen molar-refractivity contribution < 1.29 is 17.9 Å². The maximum atomic E-state index is 13.2. The Bertz CT molecular complexity index is 1090. The van der Waals surface area contributed by atoms with Crippen LogP contribution in [0.1, 0.15) is 29.4 Å². The largest absolute Gasteiger partial charge is 0.495 e. The number of aromatic nitrogens is 2. The molecular weight excluding hydrogens is 418 g/mol. The second-order valence-corrected chi connectivity index (χ2v) is 10.1. The van der Waals surface area contributed by atoms with Crippen molar-refractivity contribution in [2.75, 3.05) is 46.7 Å². The minimum Gasteiger partial charge on any atom is -0.495 e. The summed E-state index contributed by atoms with van der Waals surface area (Å²) in [5.41, 5.74) is 1.56. The molecule has 1 aliphatic rings. The van der Waals surface area contributed by atoms with Gasteiger partial charge in [-0.05, 0) is 24.6 Å². The molecule has 0 aliphatic carbocycles. The lowest BCUT2D eigenvalue weighted by Gasteiger charge is -2.21. The van der Waals surface area contributed by atoms with Crippen molar-refractivity contribution in [2.24, 2.45) is 0 Å². The zero-order chi connectivity index (χ0) is 22.9. The molecule has 0 saturated carbocycles. The van der Waals surface area contributed by atoms with Crippen LogP contribution in [-0.4, -0.2) is 75.3 Å². The third kappa shape index (κ3) is 4.80. The van der Waals surface area contributed by atoms with E-state index in [9.17, 15) is 13.2 Å². The molecular formula is C21H29N5O4S. The lowest BCUT2D eigenvalue weighted by atomic mass is 10.0. The van der Waals surface area contributed by atoms with Crippen molar-refractivity contribution in [1.29, 1.82) is 0 Å². The molecule has 1 aromatic carbocycles. The molecule has 0 unspecified atom stereocenters. The SMILES string of the molecule is COc1ccc(C)cc1S(=O)(=O)N(C)Cc1nc([C@H]2CC(=O)N(C)C2)cc(N(C)C)n1. The van der Waals surface area contributed by atoms with Crippen molar-refractivity contribution in [1.82, 2.24) is 19.2 Å². The van der Waals surface area contributed by atoms with E-state index in [2.05, 4.69) is 9.97 Å². The topological polar surface area (TPSA) is 95.9 Å². The molecule has 1 fully saturated rings. The summed E-state index contributed by atoms with van der Waals surface area (Å²) in [5.74, 6) is 1.36. The summed E-state index contributed by atoms with van der Waals surface area (Å²) < 4.78 is 33.0. The van der Waals surface area contributed by atoms with E-state index in [1.807, 2.05) is 32.0 Å². The summed E-state index contributed by atoms with van der Waals surface area (Å²) in [7, 11) is 4.60. The van der Waals surface area contributed by atoms with Gasteiger partial charge in [0.15, 0.2) is 0 Å². The first-order chi connectivity index (χ1) is 14.5. The van der Waals surface area contributed by atoms with Crippen molar-refractivity contribution in [3.8, 4) is 5.75 Å². The summed E-state index contributed by atoms with van der Waals surface area (Å²) >= 11 is 0. The number of ether oxygens (including phenoxy) is 1. The van der Waals surface area contributed by atoms with Gasteiger partial charge < -0.3 is 14.5 Å². The minimum absolute atomic E-state index is 0.00931. The van der Waals surface area contributed by atoms with Gasteiger partial charge in [0.25, 0.3) is 0 Å². The lowest BCUT2D eigenvalue weighted by Crippen LogP contribution is -2.28. The minimum atomic E-state index is -3.83. The van der Waals surface area contributed by atoms with Crippen molar-refractivity contribution in [3.05, 3.63) is 41.3 Å². The highest BCUT2D eigenvalue weighted by atomic mass is 32.2. The number of rotatable bonds is 7.